The standard InChI is InChI=1S/C22H24F2O/c1-3-5-6-7-17-8-10-18(11-9-17)12-13-19-14-15-20(25-16-4-2)22(24)21(19)23/h8-11,14-15H,3-7,16H2,1-2H3. The summed E-state index contributed by atoms with van der Waals surface area (Å²) in [7, 11) is 0. The van der Waals surface area contributed by atoms with Gasteiger partial charge in [-0.2, -0.15) is 4.39 Å². The second-order valence-corrected chi connectivity index (χ2v) is 5.99. The molecule has 2 aromatic carbocycles. The summed E-state index contributed by atoms with van der Waals surface area (Å²) in [6, 6.07) is 10.8. The van der Waals surface area contributed by atoms with E-state index in [0.29, 0.717) is 6.61 Å². The lowest BCUT2D eigenvalue weighted by Crippen LogP contribution is -2.00. The third-order valence-electron chi connectivity index (χ3n) is 3.87. The largest absolute Gasteiger partial charge is 0.490 e. The molecule has 0 saturated carbocycles. The van der Waals surface area contributed by atoms with Crippen LogP contribution in [0, 0.1) is 23.5 Å². The molecule has 25 heavy (non-hydrogen) atoms. The summed E-state index contributed by atoms with van der Waals surface area (Å²) >= 11 is 0. The lowest BCUT2D eigenvalue weighted by molar-refractivity contribution is 0.295. The summed E-state index contributed by atoms with van der Waals surface area (Å²) in [5, 5.41) is 0. The van der Waals surface area contributed by atoms with E-state index in [4.69, 9.17) is 4.74 Å². The van der Waals surface area contributed by atoms with Crippen molar-refractivity contribution in [1.82, 2.24) is 0 Å². The maximum absolute atomic E-state index is 14.1. The van der Waals surface area contributed by atoms with Gasteiger partial charge in [-0.15, -0.1) is 0 Å². The Hall–Kier alpha value is -2.34. The highest BCUT2D eigenvalue weighted by Crippen LogP contribution is 2.22. The van der Waals surface area contributed by atoms with Gasteiger partial charge < -0.3 is 4.74 Å². The SMILES string of the molecule is CCCCCc1ccc(C#Cc2ccc(OCCC)c(F)c2F)cc1. The smallest absolute Gasteiger partial charge is 0.201 e. The van der Waals surface area contributed by atoms with E-state index in [-0.39, 0.29) is 11.3 Å². The number of benzene rings is 2. The number of rotatable bonds is 7. The summed E-state index contributed by atoms with van der Waals surface area (Å²) in [5.41, 5.74) is 2.09. The first-order valence-corrected chi connectivity index (χ1v) is 8.87. The summed E-state index contributed by atoms with van der Waals surface area (Å²) in [5.74, 6) is 3.58. The van der Waals surface area contributed by atoms with Gasteiger partial charge in [0.2, 0.25) is 5.82 Å². The molecule has 0 radical (unpaired) electrons. The molecule has 2 aromatic rings. The van der Waals surface area contributed by atoms with Crippen molar-refractivity contribution < 1.29 is 13.5 Å². The van der Waals surface area contributed by atoms with E-state index >= 15 is 0 Å². The molecule has 0 aliphatic carbocycles. The lowest BCUT2D eigenvalue weighted by atomic mass is 10.1. The third kappa shape index (κ3) is 5.60. The molecule has 132 valence electrons. The van der Waals surface area contributed by atoms with Crippen molar-refractivity contribution in [3.05, 3.63) is 64.7 Å². The lowest BCUT2D eigenvalue weighted by Gasteiger charge is -2.06. The van der Waals surface area contributed by atoms with Crippen LogP contribution in [0.1, 0.15) is 56.2 Å². The highest BCUT2D eigenvalue weighted by atomic mass is 19.2. The number of hydrogen-bond acceptors (Lipinski definition) is 1. The van der Waals surface area contributed by atoms with Gasteiger partial charge in [-0.05, 0) is 49.1 Å². The van der Waals surface area contributed by atoms with E-state index in [2.05, 4.69) is 18.8 Å². The Kier molecular flexibility index (Phi) is 7.47. The van der Waals surface area contributed by atoms with Crippen molar-refractivity contribution in [3.8, 4) is 17.6 Å². The first-order chi connectivity index (χ1) is 12.2. The number of halogens is 2. The van der Waals surface area contributed by atoms with Gasteiger partial charge >= 0.3 is 0 Å². The molecule has 0 N–H and O–H groups in total. The summed E-state index contributed by atoms with van der Waals surface area (Å²) in [6.07, 6.45) is 5.40. The normalized spacial score (nSPS) is 10.2. The van der Waals surface area contributed by atoms with E-state index < -0.39 is 11.6 Å². The van der Waals surface area contributed by atoms with Crippen LogP contribution in [0.3, 0.4) is 0 Å². The van der Waals surface area contributed by atoms with Crippen molar-refractivity contribution in [1.29, 1.82) is 0 Å². The Balaban J connectivity index is 2.08. The van der Waals surface area contributed by atoms with Gasteiger partial charge in [0.15, 0.2) is 11.6 Å². The Bertz CT molecular complexity index is 739. The fourth-order valence-electron chi connectivity index (χ4n) is 2.43. The van der Waals surface area contributed by atoms with Gasteiger partial charge in [0.1, 0.15) is 0 Å². The molecule has 0 fully saturated rings. The van der Waals surface area contributed by atoms with Crippen LogP contribution < -0.4 is 4.74 Å². The maximum atomic E-state index is 14.1. The van der Waals surface area contributed by atoms with Crippen molar-refractivity contribution in [2.45, 2.75) is 46.0 Å². The molecule has 0 saturated heterocycles. The number of unbranched alkanes of at least 4 members (excludes halogenated alkanes) is 2. The molecule has 0 spiro atoms. The van der Waals surface area contributed by atoms with Gasteiger partial charge in [-0.1, -0.05) is 50.7 Å². The van der Waals surface area contributed by atoms with Crippen LogP contribution in [0.25, 0.3) is 0 Å². The molecule has 0 aliphatic heterocycles. The summed E-state index contributed by atoms with van der Waals surface area (Å²) < 4.78 is 33.2. The molecule has 0 aliphatic rings. The molecular formula is C22H24F2O. The molecule has 0 aromatic heterocycles. The second kappa shape index (κ2) is 9.84. The van der Waals surface area contributed by atoms with Crippen molar-refractivity contribution >= 4 is 0 Å². The molecule has 3 heteroatoms. The Morgan fingerprint density at radius 3 is 2.28 bits per heavy atom. The number of ether oxygens (including phenoxy) is 1. The second-order valence-electron chi connectivity index (χ2n) is 5.99. The fourth-order valence-corrected chi connectivity index (χ4v) is 2.43. The van der Waals surface area contributed by atoms with Gasteiger partial charge in [-0.3, -0.25) is 0 Å². The maximum Gasteiger partial charge on any atom is 0.201 e. The van der Waals surface area contributed by atoms with Crippen LogP contribution in [0.2, 0.25) is 0 Å². The van der Waals surface area contributed by atoms with Crippen molar-refractivity contribution in [3.63, 3.8) is 0 Å². The minimum absolute atomic E-state index is 0.0355. The van der Waals surface area contributed by atoms with E-state index in [0.717, 1.165) is 18.4 Å². The molecule has 1 nitrogen and oxygen atoms in total. The van der Waals surface area contributed by atoms with Gasteiger partial charge in [0.25, 0.3) is 0 Å². The van der Waals surface area contributed by atoms with E-state index in [9.17, 15) is 8.78 Å². The predicted molar refractivity (Wildman–Crippen MR) is 97.8 cm³/mol. The minimum Gasteiger partial charge on any atom is -0.490 e. The zero-order valence-corrected chi connectivity index (χ0v) is 14.9. The van der Waals surface area contributed by atoms with Crippen LogP contribution in [0.4, 0.5) is 8.78 Å². The Labute approximate surface area is 149 Å². The topological polar surface area (TPSA) is 9.23 Å². The zero-order valence-electron chi connectivity index (χ0n) is 14.9. The van der Waals surface area contributed by atoms with Crippen LogP contribution >= 0.6 is 0 Å². The predicted octanol–water partition coefficient (Wildman–Crippen LogP) is 5.89. The van der Waals surface area contributed by atoms with Gasteiger partial charge in [0.05, 0.1) is 12.2 Å². The zero-order chi connectivity index (χ0) is 18.1. The van der Waals surface area contributed by atoms with Crippen molar-refractivity contribution in [2.75, 3.05) is 6.61 Å². The Morgan fingerprint density at radius 2 is 1.60 bits per heavy atom. The average Bonchev–Trinajstić information content (AvgIpc) is 2.63. The number of hydrogen-bond donors (Lipinski definition) is 0. The van der Waals surface area contributed by atoms with Crippen LogP contribution in [0.5, 0.6) is 5.75 Å². The molecule has 2 rings (SSSR count). The highest BCUT2D eigenvalue weighted by molar-refractivity contribution is 5.46. The van der Waals surface area contributed by atoms with E-state index in [1.807, 2.05) is 31.2 Å². The highest BCUT2D eigenvalue weighted by Gasteiger charge is 2.13. The summed E-state index contributed by atoms with van der Waals surface area (Å²) in [6.45, 7) is 4.44. The molecule has 0 heterocycles. The molecule has 0 unspecified atom stereocenters. The monoisotopic (exact) mass is 342 g/mol. The van der Waals surface area contributed by atoms with Gasteiger partial charge in [0, 0.05) is 5.56 Å². The summed E-state index contributed by atoms with van der Waals surface area (Å²) in [4.78, 5) is 0. The van der Waals surface area contributed by atoms with Crippen molar-refractivity contribution in [2.24, 2.45) is 0 Å². The minimum atomic E-state index is -0.980. The first-order valence-electron chi connectivity index (χ1n) is 8.87. The van der Waals surface area contributed by atoms with Crippen LogP contribution in [-0.2, 0) is 6.42 Å². The molecule has 0 amide bonds. The van der Waals surface area contributed by atoms with Gasteiger partial charge in [-0.25, -0.2) is 4.39 Å². The van der Waals surface area contributed by atoms with E-state index in [1.54, 1.807) is 0 Å². The molecule has 0 bridgehead atoms. The molecule has 0 atom stereocenters. The Morgan fingerprint density at radius 1 is 0.840 bits per heavy atom. The fraction of sp³-hybridized carbons (Fsp3) is 0.364. The number of aryl methyl sites for hydroxylation is 1. The average molecular weight is 342 g/mol. The van der Waals surface area contributed by atoms with Crippen LogP contribution in [-0.4, -0.2) is 6.61 Å². The quantitative estimate of drug-likeness (QED) is 0.450. The van der Waals surface area contributed by atoms with E-state index in [1.165, 1.54) is 37.0 Å². The third-order valence-corrected chi connectivity index (χ3v) is 3.87. The first kappa shape index (κ1) is 19.0. The van der Waals surface area contributed by atoms with Crippen LogP contribution in [0.15, 0.2) is 36.4 Å². The molecular weight excluding hydrogens is 318 g/mol.